The lowest BCUT2D eigenvalue weighted by Crippen LogP contribution is -2.47. The third-order valence-electron chi connectivity index (χ3n) is 11.8. The maximum atomic E-state index is 13.0. The second-order valence-electron chi connectivity index (χ2n) is 17.6. The Morgan fingerprint density at radius 3 is 2.41 bits per heavy atom. The van der Waals surface area contributed by atoms with Crippen molar-refractivity contribution in [2.24, 2.45) is 0 Å². The van der Waals surface area contributed by atoms with Gasteiger partial charge in [0.1, 0.15) is 23.4 Å². The van der Waals surface area contributed by atoms with E-state index in [1.54, 1.807) is 4.90 Å². The number of piperidine rings is 1. The topological polar surface area (TPSA) is 101 Å². The van der Waals surface area contributed by atoms with Crippen LogP contribution in [0.25, 0.3) is 10.8 Å². The zero-order chi connectivity index (χ0) is 36.8. The molecule has 2 aliphatic heterocycles. The summed E-state index contributed by atoms with van der Waals surface area (Å²) in [5, 5.41) is 13.4. The summed E-state index contributed by atoms with van der Waals surface area (Å²) in [6, 6.07) is 16.4. The third kappa shape index (κ3) is 7.90. The molecule has 1 unspecified atom stereocenters. The molecule has 0 spiro atoms. The molecule has 0 radical (unpaired) electrons. The molecule has 2 saturated heterocycles. The molecule has 1 aromatic heterocycles. The Kier molecular flexibility index (Phi) is 10.2. The number of likely N-dealkylation sites (tertiary alicyclic amines) is 2. The fraction of sp³-hybridized carbons (Fsp3) is 0.610. The highest BCUT2D eigenvalue weighted by Gasteiger charge is 2.44. The van der Waals surface area contributed by atoms with Crippen LogP contribution in [0.3, 0.4) is 0 Å². The SMILES string of the molecule is CN1CCC[C@H]1COc1nc2c(c(C3(C#N)CCN(C(=O)OC(C)(C)C)CC3)n1)CCC(c1cc(O[Si](C)(C)C(C)(C)C)cc3ccccc13)C2. The molecule has 1 amide bonds. The van der Waals surface area contributed by atoms with Crippen LogP contribution in [0.4, 0.5) is 4.79 Å². The van der Waals surface area contributed by atoms with E-state index in [0.717, 1.165) is 61.3 Å². The van der Waals surface area contributed by atoms with Crippen LogP contribution in [0.5, 0.6) is 11.8 Å². The summed E-state index contributed by atoms with van der Waals surface area (Å²) < 4.78 is 19.0. The molecule has 9 nitrogen and oxygen atoms in total. The Morgan fingerprint density at radius 2 is 1.76 bits per heavy atom. The lowest BCUT2D eigenvalue weighted by Gasteiger charge is -2.39. The summed E-state index contributed by atoms with van der Waals surface area (Å²) in [4.78, 5) is 27.2. The van der Waals surface area contributed by atoms with Crippen LogP contribution in [-0.4, -0.2) is 79.1 Å². The van der Waals surface area contributed by atoms with E-state index in [4.69, 9.17) is 23.9 Å². The number of nitriles is 1. The molecule has 2 atom stereocenters. The van der Waals surface area contributed by atoms with E-state index in [0.29, 0.717) is 44.6 Å². The second kappa shape index (κ2) is 14.0. The van der Waals surface area contributed by atoms with Crippen LogP contribution >= 0.6 is 0 Å². The van der Waals surface area contributed by atoms with Crippen LogP contribution in [0, 0.1) is 11.3 Å². The second-order valence-corrected chi connectivity index (χ2v) is 22.3. The Balaban J connectivity index is 1.35. The molecule has 2 aromatic carbocycles. The fourth-order valence-electron chi connectivity index (χ4n) is 7.63. The smallest absolute Gasteiger partial charge is 0.410 e. The first-order valence-electron chi connectivity index (χ1n) is 18.8. The number of fused-ring (bicyclic) bond motifs is 2. The van der Waals surface area contributed by atoms with Crippen molar-refractivity contribution in [1.29, 1.82) is 5.26 Å². The summed E-state index contributed by atoms with van der Waals surface area (Å²) >= 11 is 0. The van der Waals surface area contributed by atoms with E-state index in [9.17, 15) is 10.1 Å². The highest BCUT2D eigenvalue weighted by Crippen LogP contribution is 2.45. The zero-order valence-corrected chi connectivity index (χ0v) is 33.3. The van der Waals surface area contributed by atoms with Gasteiger partial charge in [0.25, 0.3) is 0 Å². The zero-order valence-electron chi connectivity index (χ0n) is 32.3. The lowest BCUT2D eigenvalue weighted by atomic mass is 9.72. The van der Waals surface area contributed by atoms with Crippen molar-refractivity contribution < 1.29 is 18.7 Å². The van der Waals surface area contributed by atoms with Crippen molar-refractivity contribution in [1.82, 2.24) is 19.8 Å². The van der Waals surface area contributed by atoms with Crippen LogP contribution in [-0.2, 0) is 23.0 Å². The predicted molar refractivity (Wildman–Crippen MR) is 204 cm³/mol. The van der Waals surface area contributed by atoms with Crippen molar-refractivity contribution in [3.8, 4) is 17.8 Å². The van der Waals surface area contributed by atoms with Crippen LogP contribution in [0.1, 0.15) is 102 Å². The molecule has 0 saturated carbocycles. The molecule has 3 heterocycles. The van der Waals surface area contributed by atoms with E-state index in [2.05, 4.69) is 88.3 Å². The molecule has 0 N–H and O–H groups in total. The van der Waals surface area contributed by atoms with E-state index < -0.39 is 19.3 Å². The normalized spacial score (nSPS) is 21.2. The average molecular weight is 712 g/mol. The minimum atomic E-state index is -2.06. The average Bonchev–Trinajstić information content (AvgIpc) is 3.49. The number of nitrogens with zero attached hydrogens (tertiary/aromatic N) is 5. The van der Waals surface area contributed by atoms with Crippen molar-refractivity contribution in [2.45, 2.75) is 128 Å². The minimum absolute atomic E-state index is 0.0827. The predicted octanol–water partition coefficient (Wildman–Crippen LogP) is 8.55. The van der Waals surface area contributed by atoms with Gasteiger partial charge >= 0.3 is 12.1 Å². The molecule has 3 aromatic rings. The molecule has 6 rings (SSSR count). The minimum Gasteiger partial charge on any atom is -0.543 e. The monoisotopic (exact) mass is 711 g/mol. The van der Waals surface area contributed by atoms with Gasteiger partial charge in [0, 0.05) is 19.1 Å². The summed E-state index contributed by atoms with van der Waals surface area (Å²) in [5.74, 6) is 1.16. The fourth-order valence-corrected chi connectivity index (χ4v) is 8.65. The maximum Gasteiger partial charge on any atom is 0.410 e. The number of hydrogen-bond acceptors (Lipinski definition) is 8. The number of carbonyl (C=O) groups is 1. The van der Waals surface area contributed by atoms with E-state index in [1.165, 1.54) is 16.3 Å². The molecular weight excluding hydrogens is 655 g/mol. The Morgan fingerprint density at radius 1 is 1.04 bits per heavy atom. The Bertz CT molecular complexity index is 1800. The largest absolute Gasteiger partial charge is 0.543 e. The molecule has 10 heteroatoms. The van der Waals surface area contributed by atoms with E-state index >= 15 is 0 Å². The molecule has 274 valence electrons. The quantitative estimate of drug-likeness (QED) is 0.225. The summed E-state index contributed by atoms with van der Waals surface area (Å²) in [7, 11) is 0.0768. The van der Waals surface area contributed by atoms with Crippen molar-refractivity contribution in [3.63, 3.8) is 0 Å². The van der Waals surface area contributed by atoms with Gasteiger partial charge in [-0.1, -0.05) is 45.0 Å². The van der Waals surface area contributed by atoms with Gasteiger partial charge in [-0.05, 0) is 137 Å². The summed E-state index contributed by atoms with van der Waals surface area (Å²) in [6.45, 7) is 19.5. The van der Waals surface area contributed by atoms with E-state index in [-0.39, 0.29) is 17.0 Å². The van der Waals surface area contributed by atoms with Gasteiger partial charge in [-0.2, -0.15) is 15.2 Å². The molecule has 2 fully saturated rings. The summed E-state index contributed by atoms with van der Waals surface area (Å²) in [6.07, 6.45) is 5.27. The first-order chi connectivity index (χ1) is 24.0. The van der Waals surface area contributed by atoms with Crippen molar-refractivity contribution in [2.75, 3.05) is 33.3 Å². The number of amides is 1. The first-order valence-corrected chi connectivity index (χ1v) is 21.7. The van der Waals surface area contributed by atoms with Gasteiger partial charge in [-0.3, -0.25) is 0 Å². The third-order valence-corrected chi connectivity index (χ3v) is 16.1. The van der Waals surface area contributed by atoms with Gasteiger partial charge in [0.05, 0.1) is 17.5 Å². The van der Waals surface area contributed by atoms with E-state index in [1.807, 2.05) is 20.8 Å². The molecular formula is C41H57N5O4Si. The van der Waals surface area contributed by atoms with Gasteiger partial charge < -0.3 is 23.7 Å². The number of benzene rings is 2. The summed E-state index contributed by atoms with van der Waals surface area (Å²) in [5.41, 5.74) is 2.68. The highest BCUT2D eigenvalue weighted by atomic mass is 28.4. The van der Waals surface area contributed by atoms with Gasteiger partial charge in [0.2, 0.25) is 8.32 Å². The number of carbonyl (C=O) groups excluding carboxylic acids is 1. The molecule has 51 heavy (non-hydrogen) atoms. The number of hydrogen-bond donors (Lipinski definition) is 0. The standard InChI is InChI=1S/C41H57N5O4Si/c1-39(2,3)49-38(47)46-21-18-41(27-42,19-22-46)36-33-17-16-29(24-35(33)43-37(44-36)48-26-30-14-12-20-45(30)7)34-25-31(50-51(8,9)40(4,5)6)23-28-13-10-11-15-32(28)34/h10-11,13,15,23,25,29-30H,12,14,16-22,24,26H2,1-9H3/t29?,30-/m0/s1. The number of likely N-dealkylation sites (N-methyl/N-ethyl adjacent to an activating group) is 1. The van der Waals surface area contributed by atoms with Crippen molar-refractivity contribution in [3.05, 3.63) is 58.9 Å². The highest BCUT2D eigenvalue weighted by molar-refractivity contribution is 6.74. The van der Waals surface area contributed by atoms with Crippen LogP contribution in [0.2, 0.25) is 18.1 Å². The maximum absolute atomic E-state index is 13.0. The lowest BCUT2D eigenvalue weighted by molar-refractivity contribution is 0.0183. The van der Waals surface area contributed by atoms with Crippen LogP contribution < -0.4 is 9.16 Å². The molecule has 3 aliphatic rings. The number of ether oxygens (including phenoxy) is 2. The number of rotatable bonds is 7. The van der Waals surface area contributed by atoms with Gasteiger partial charge in [-0.15, -0.1) is 0 Å². The Labute approximate surface area is 305 Å². The number of aromatic nitrogens is 2. The molecule has 0 bridgehead atoms. The first kappa shape index (κ1) is 37.1. The van der Waals surface area contributed by atoms with Gasteiger partial charge in [0.15, 0.2) is 0 Å². The van der Waals surface area contributed by atoms with Gasteiger partial charge in [-0.25, -0.2) is 4.79 Å². The Hall–Kier alpha value is -3.68. The molecule has 1 aliphatic carbocycles. The van der Waals surface area contributed by atoms with Crippen molar-refractivity contribution >= 4 is 25.2 Å². The van der Waals surface area contributed by atoms with Crippen LogP contribution in [0.15, 0.2) is 36.4 Å².